The maximum Gasteiger partial charge on any atom is 0.244 e. The van der Waals surface area contributed by atoms with Crippen LogP contribution in [-0.2, 0) is 23.1 Å². The molecule has 0 radical (unpaired) electrons. The zero-order valence-corrected chi connectivity index (χ0v) is 13.8. The first-order valence-corrected chi connectivity index (χ1v) is 9.15. The van der Waals surface area contributed by atoms with E-state index in [0.29, 0.717) is 13.1 Å². The highest BCUT2D eigenvalue weighted by Gasteiger charge is 2.16. The summed E-state index contributed by atoms with van der Waals surface area (Å²) in [5.74, 6) is 0. The summed E-state index contributed by atoms with van der Waals surface area (Å²) in [6, 6.07) is 1.98. The molecule has 0 saturated heterocycles. The van der Waals surface area contributed by atoms with Gasteiger partial charge in [0, 0.05) is 24.2 Å². The zero-order valence-electron chi connectivity index (χ0n) is 12.2. The van der Waals surface area contributed by atoms with Crippen LogP contribution in [0.3, 0.4) is 0 Å². The molecule has 0 aliphatic rings. The fraction of sp³-hybridized carbons (Fsp3) is 0.462. The van der Waals surface area contributed by atoms with Gasteiger partial charge in [-0.2, -0.15) is 5.10 Å². The second kappa shape index (κ2) is 7.17. The van der Waals surface area contributed by atoms with Crippen molar-refractivity contribution in [2.75, 3.05) is 13.1 Å². The molecule has 2 aromatic rings. The predicted molar refractivity (Wildman–Crippen MR) is 83.9 cm³/mol. The number of hydrogen-bond donors (Lipinski definition) is 2. The van der Waals surface area contributed by atoms with Crippen molar-refractivity contribution in [3.8, 4) is 0 Å². The van der Waals surface area contributed by atoms with Crippen molar-refractivity contribution in [3.63, 3.8) is 0 Å². The molecule has 8 heteroatoms. The minimum atomic E-state index is -3.51. The molecular formula is C13H20N4O2S2. The Morgan fingerprint density at radius 2 is 2.24 bits per heavy atom. The molecule has 0 amide bonds. The van der Waals surface area contributed by atoms with E-state index in [1.165, 1.54) is 6.20 Å². The van der Waals surface area contributed by atoms with Crippen molar-refractivity contribution in [3.05, 3.63) is 34.3 Å². The monoisotopic (exact) mass is 328 g/mol. The van der Waals surface area contributed by atoms with Crippen LogP contribution in [0.4, 0.5) is 0 Å². The Morgan fingerprint density at radius 1 is 1.43 bits per heavy atom. The molecule has 21 heavy (non-hydrogen) atoms. The molecule has 116 valence electrons. The van der Waals surface area contributed by atoms with Crippen molar-refractivity contribution in [1.29, 1.82) is 0 Å². The Bertz CT molecular complexity index is 676. The Labute approximate surface area is 129 Å². The van der Waals surface area contributed by atoms with Crippen LogP contribution in [0.25, 0.3) is 0 Å². The van der Waals surface area contributed by atoms with Gasteiger partial charge in [-0.05, 0) is 30.5 Å². The van der Waals surface area contributed by atoms with Gasteiger partial charge in [0.05, 0.1) is 12.7 Å². The van der Waals surface area contributed by atoms with Crippen LogP contribution in [0.15, 0.2) is 28.7 Å². The Kier molecular flexibility index (Phi) is 5.51. The third kappa shape index (κ3) is 4.37. The number of thiophene rings is 1. The second-order valence-electron chi connectivity index (χ2n) is 4.64. The first kappa shape index (κ1) is 16.2. The number of aromatic nitrogens is 2. The number of rotatable bonds is 8. The quantitative estimate of drug-likeness (QED) is 0.717. The molecule has 2 N–H and O–H groups in total. The van der Waals surface area contributed by atoms with Crippen LogP contribution in [0.5, 0.6) is 0 Å². The largest absolute Gasteiger partial charge is 0.315 e. The lowest BCUT2D eigenvalue weighted by Gasteiger charge is -2.04. The molecule has 0 aliphatic heterocycles. The molecule has 6 nitrogen and oxygen atoms in total. The summed E-state index contributed by atoms with van der Waals surface area (Å²) in [5, 5.41) is 9.20. The van der Waals surface area contributed by atoms with Gasteiger partial charge in [0.15, 0.2) is 0 Å². The van der Waals surface area contributed by atoms with Crippen molar-refractivity contribution in [2.45, 2.75) is 31.8 Å². The van der Waals surface area contributed by atoms with E-state index in [4.69, 9.17) is 0 Å². The van der Waals surface area contributed by atoms with Crippen molar-refractivity contribution in [2.24, 2.45) is 0 Å². The number of hydrogen-bond acceptors (Lipinski definition) is 5. The van der Waals surface area contributed by atoms with E-state index >= 15 is 0 Å². The second-order valence-corrected chi connectivity index (χ2v) is 7.41. The van der Waals surface area contributed by atoms with Gasteiger partial charge in [0.25, 0.3) is 0 Å². The van der Waals surface area contributed by atoms with Gasteiger partial charge < -0.3 is 5.32 Å². The molecule has 0 unspecified atom stereocenters. The number of nitrogens with zero attached hydrogens (tertiary/aromatic N) is 2. The van der Waals surface area contributed by atoms with E-state index in [-0.39, 0.29) is 4.90 Å². The third-order valence-corrected chi connectivity index (χ3v) is 5.46. The van der Waals surface area contributed by atoms with Crippen molar-refractivity contribution >= 4 is 21.4 Å². The maximum absolute atomic E-state index is 12.2. The molecule has 0 bridgehead atoms. The van der Waals surface area contributed by atoms with Crippen molar-refractivity contribution < 1.29 is 8.42 Å². The number of likely N-dealkylation sites (N-methyl/N-ethyl adjacent to an activating group) is 1. The smallest absolute Gasteiger partial charge is 0.244 e. The molecule has 2 rings (SSSR count). The van der Waals surface area contributed by atoms with Gasteiger partial charge in [0.1, 0.15) is 4.90 Å². The number of sulfonamides is 1. The highest BCUT2D eigenvalue weighted by atomic mass is 32.2. The van der Waals surface area contributed by atoms with Gasteiger partial charge in [0.2, 0.25) is 10.0 Å². The summed E-state index contributed by atoms with van der Waals surface area (Å²) < 4.78 is 28.7. The number of nitrogens with one attached hydrogen (secondary N) is 2. The van der Waals surface area contributed by atoms with E-state index in [9.17, 15) is 8.42 Å². The topological polar surface area (TPSA) is 76.0 Å². The minimum absolute atomic E-state index is 0.202. The summed E-state index contributed by atoms with van der Waals surface area (Å²) in [6.45, 7) is 6.60. The standard InChI is InChI=1S/C13H20N4O2S2/c1-3-14-5-6-17-10-12(8-15-17)21(18,19)16-9-13-11(2)4-7-20-13/h4,7-8,10,14,16H,3,5-6,9H2,1-2H3. The normalized spacial score (nSPS) is 11.9. The van der Waals surface area contributed by atoms with Crippen LogP contribution in [-0.4, -0.2) is 31.3 Å². The summed E-state index contributed by atoms with van der Waals surface area (Å²) >= 11 is 1.55. The molecule has 0 spiro atoms. The van der Waals surface area contributed by atoms with Crippen LogP contribution in [0.1, 0.15) is 17.4 Å². The summed E-state index contributed by atoms with van der Waals surface area (Å²) in [7, 11) is -3.51. The van der Waals surface area contributed by atoms with Gasteiger partial charge in [-0.1, -0.05) is 6.92 Å². The lowest BCUT2D eigenvalue weighted by atomic mass is 10.3. The van der Waals surface area contributed by atoms with Gasteiger partial charge >= 0.3 is 0 Å². The highest BCUT2D eigenvalue weighted by Crippen LogP contribution is 2.16. The van der Waals surface area contributed by atoms with Crippen LogP contribution < -0.4 is 10.0 Å². The average Bonchev–Trinajstić information content (AvgIpc) is 3.06. The molecule has 2 heterocycles. The molecule has 0 atom stereocenters. The van der Waals surface area contributed by atoms with Gasteiger partial charge in [-0.15, -0.1) is 11.3 Å². The fourth-order valence-corrected chi connectivity index (χ4v) is 3.69. The van der Waals surface area contributed by atoms with E-state index < -0.39 is 10.0 Å². The highest BCUT2D eigenvalue weighted by molar-refractivity contribution is 7.89. The summed E-state index contributed by atoms with van der Waals surface area (Å²) in [6.07, 6.45) is 2.94. The lowest BCUT2D eigenvalue weighted by molar-refractivity contribution is 0.563. The molecule has 0 aromatic carbocycles. The first-order chi connectivity index (χ1) is 10.0. The van der Waals surface area contributed by atoms with E-state index in [1.54, 1.807) is 22.2 Å². The zero-order chi connectivity index (χ0) is 15.3. The predicted octanol–water partition coefficient (Wildman–Crippen LogP) is 1.34. The van der Waals surface area contributed by atoms with E-state index in [2.05, 4.69) is 15.1 Å². The van der Waals surface area contributed by atoms with Crippen LogP contribution in [0.2, 0.25) is 0 Å². The van der Waals surface area contributed by atoms with E-state index in [1.807, 2.05) is 25.3 Å². The summed E-state index contributed by atoms with van der Waals surface area (Å²) in [5.41, 5.74) is 1.10. The number of aryl methyl sites for hydroxylation is 1. The molecule has 2 aromatic heterocycles. The third-order valence-electron chi connectivity index (χ3n) is 3.08. The Balaban J connectivity index is 1.97. The molecular weight excluding hydrogens is 308 g/mol. The lowest BCUT2D eigenvalue weighted by Crippen LogP contribution is -2.23. The summed E-state index contributed by atoms with van der Waals surface area (Å²) in [4.78, 5) is 1.23. The Morgan fingerprint density at radius 3 is 2.90 bits per heavy atom. The van der Waals surface area contributed by atoms with Crippen LogP contribution in [0, 0.1) is 6.92 Å². The molecule has 0 saturated carbocycles. The minimum Gasteiger partial charge on any atom is -0.315 e. The Hall–Kier alpha value is -1.22. The SMILES string of the molecule is CCNCCn1cc(S(=O)(=O)NCc2sccc2C)cn1. The molecule has 0 fully saturated rings. The van der Waals surface area contributed by atoms with Crippen molar-refractivity contribution in [1.82, 2.24) is 19.8 Å². The first-order valence-electron chi connectivity index (χ1n) is 6.78. The average molecular weight is 328 g/mol. The van der Waals surface area contributed by atoms with Gasteiger partial charge in [-0.3, -0.25) is 4.68 Å². The van der Waals surface area contributed by atoms with E-state index in [0.717, 1.165) is 23.5 Å². The maximum atomic E-state index is 12.2. The van der Waals surface area contributed by atoms with Crippen LogP contribution >= 0.6 is 11.3 Å². The van der Waals surface area contributed by atoms with Gasteiger partial charge in [-0.25, -0.2) is 13.1 Å². The molecule has 0 aliphatic carbocycles. The fourth-order valence-electron chi connectivity index (χ4n) is 1.81.